The van der Waals surface area contributed by atoms with Crippen molar-refractivity contribution < 1.29 is 14.3 Å². The Kier molecular flexibility index (Phi) is 4.95. The van der Waals surface area contributed by atoms with Gasteiger partial charge in [0, 0.05) is 11.8 Å². The molecule has 9 heteroatoms. The number of benzene rings is 1. The van der Waals surface area contributed by atoms with Crippen molar-refractivity contribution in [2.75, 3.05) is 0 Å². The van der Waals surface area contributed by atoms with Crippen molar-refractivity contribution in [2.24, 2.45) is 0 Å². The zero-order chi connectivity index (χ0) is 18.7. The van der Waals surface area contributed by atoms with Gasteiger partial charge in [0.2, 0.25) is 4.96 Å². The van der Waals surface area contributed by atoms with Crippen LogP contribution in [0.2, 0.25) is 0 Å². The third kappa shape index (κ3) is 3.87. The minimum absolute atomic E-state index is 0.0770. The van der Waals surface area contributed by atoms with Crippen LogP contribution in [0.1, 0.15) is 23.2 Å². The third-order valence-electron chi connectivity index (χ3n) is 3.38. The minimum Gasteiger partial charge on any atom is -0.479 e. The number of carbonyl (C=O) groups is 1. The number of hydrogen-bond acceptors (Lipinski definition) is 8. The number of aryl methyl sites for hydroxylation is 1. The van der Waals surface area contributed by atoms with E-state index in [4.69, 9.17) is 14.7 Å². The number of rotatable bonds is 5. The van der Waals surface area contributed by atoms with Gasteiger partial charge in [-0.25, -0.2) is 9.78 Å². The van der Waals surface area contributed by atoms with E-state index in [9.17, 15) is 9.59 Å². The first-order valence-corrected chi connectivity index (χ1v) is 8.48. The number of carbonyl (C=O) groups excluding carboxylic acids is 1. The monoisotopic (exact) mass is 370 g/mol. The summed E-state index contributed by atoms with van der Waals surface area (Å²) < 4.78 is 11.9. The van der Waals surface area contributed by atoms with Gasteiger partial charge < -0.3 is 9.47 Å². The van der Waals surface area contributed by atoms with Crippen molar-refractivity contribution in [1.29, 1.82) is 5.26 Å². The van der Waals surface area contributed by atoms with Crippen molar-refractivity contribution in [3.8, 4) is 11.8 Å². The highest BCUT2D eigenvalue weighted by Crippen LogP contribution is 2.15. The van der Waals surface area contributed by atoms with E-state index in [2.05, 4.69) is 10.1 Å². The van der Waals surface area contributed by atoms with Gasteiger partial charge in [-0.3, -0.25) is 4.79 Å². The van der Waals surface area contributed by atoms with Gasteiger partial charge in [0.15, 0.2) is 11.1 Å². The molecule has 3 rings (SSSR count). The highest BCUT2D eigenvalue weighted by atomic mass is 32.1. The van der Waals surface area contributed by atoms with Crippen LogP contribution in [0.5, 0.6) is 5.75 Å². The molecule has 132 valence electrons. The standard InChI is InChI=1S/C17H14N4O4S/c1-10-7-15(22)21-17(19-10)26-14(20-21)9-24-16(23)11(2)25-13-5-3-12(8-18)4-6-13/h3-7,11H,9H2,1-2H3/t11-/m0/s1. The van der Waals surface area contributed by atoms with Crippen LogP contribution in [-0.2, 0) is 16.1 Å². The van der Waals surface area contributed by atoms with Crippen LogP contribution in [0, 0.1) is 18.3 Å². The topological polar surface area (TPSA) is 107 Å². The summed E-state index contributed by atoms with van der Waals surface area (Å²) in [7, 11) is 0. The molecular weight excluding hydrogens is 356 g/mol. The SMILES string of the molecule is Cc1cc(=O)n2nc(COC(=O)[C@H](C)Oc3ccc(C#N)cc3)sc2n1. The predicted octanol–water partition coefficient (Wildman–Crippen LogP) is 1.84. The zero-order valence-electron chi connectivity index (χ0n) is 14.0. The maximum Gasteiger partial charge on any atom is 0.347 e. The molecule has 0 unspecified atom stereocenters. The van der Waals surface area contributed by atoms with Gasteiger partial charge in [0.1, 0.15) is 12.4 Å². The molecular formula is C17H14N4O4S. The average molecular weight is 370 g/mol. The summed E-state index contributed by atoms with van der Waals surface area (Å²) in [6.45, 7) is 3.21. The predicted molar refractivity (Wildman–Crippen MR) is 92.9 cm³/mol. The van der Waals surface area contributed by atoms with E-state index in [1.165, 1.54) is 21.9 Å². The lowest BCUT2D eigenvalue weighted by atomic mass is 10.2. The number of nitrogens with zero attached hydrogens (tertiary/aromatic N) is 4. The van der Waals surface area contributed by atoms with E-state index in [-0.39, 0.29) is 12.2 Å². The van der Waals surface area contributed by atoms with Crippen molar-refractivity contribution in [3.05, 3.63) is 57.0 Å². The Labute approximate surface area is 152 Å². The smallest absolute Gasteiger partial charge is 0.347 e. The maximum absolute atomic E-state index is 12.1. The first-order valence-electron chi connectivity index (χ1n) is 7.66. The van der Waals surface area contributed by atoms with Crippen LogP contribution in [0.3, 0.4) is 0 Å². The molecule has 0 radical (unpaired) electrons. The Hall–Kier alpha value is -3.25. The molecule has 0 spiro atoms. The average Bonchev–Trinajstić information content (AvgIpc) is 3.03. The van der Waals surface area contributed by atoms with Crippen molar-refractivity contribution in [2.45, 2.75) is 26.6 Å². The number of nitriles is 1. The summed E-state index contributed by atoms with van der Waals surface area (Å²) in [5.74, 6) is -0.107. The Morgan fingerprint density at radius 2 is 2.12 bits per heavy atom. The molecule has 0 fully saturated rings. The molecule has 8 nitrogen and oxygen atoms in total. The highest BCUT2D eigenvalue weighted by molar-refractivity contribution is 7.16. The molecule has 0 aliphatic heterocycles. The van der Waals surface area contributed by atoms with Gasteiger partial charge in [-0.1, -0.05) is 11.3 Å². The Bertz CT molecular complexity index is 1050. The summed E-state index contributed by atoms with van der Waals surface area (Å²) in [5, 5.41) is 13.3. The van der Waals surface area contributed by atoms with E-state index in [1.54, 1.807) is 38.1 Å². The quantitative estimate of drug-likeness (QED) is 0.631. The Balaban J connectivity index is 1.61. The normalized spacial score (nSPS) is 11.7. The molecule has 1 aromatic carbocycles. The molecule has 0 aliphatic carbocycles. The Morgan fingerprint density at radius 1 is 1.38 bits per heavy atom. The van der Waals surface area contributed by atoms with E-state index >= 15 is 0 Å². The number of ether oxygens (including phenoxy) is 2. The summed E-state index contributed by atoms with van der Waals surface area (Å²) in [4.78, 5) is 28.6. The molecule has 26 heavy (non-hydrogen) atoms. The molecule has 0 saturated heterocycles. The molecule has 2 aromatic heterocycles. The number of hydrogen-bond donors (Lipinski definition) is 0. The number of esters is 1. The lowest BCUT2D eigenvalue weighted by Crippen LogP contribution is -2.26. The Morgan fingerprint density at radius 3 is 2.81 bits per heavy atom. The molecule has 0 aliphatic rings. The largest absolute Gasteiger partial charge is 0.479 e. The fraction of sp³-hybridized carbons (Fsp3) is 0.235. The van der Waals surface area contributed by atoms with Crippen LogP contribution < -0.4 is 10.3 Å². The first-order chi connectivity index (χ1) is 12.5. The second-order valence-corrected chi connectivity index (χ2v) is 6.47. The van der Waals surface area contributed by atoms with E-state index in [0.717, 1.165) is 0 Å². The lowest BCUT2D eigenvalue weighted by Gasteiger charge is -2.13. The number of aromatic nitrogens is 3. The molecule has 0 bridgehead atoms. The van der Waals surface area contributed by atoms with Gasteiger partial charge in [0.05, 0.1) is 11.6 Å². The van der Waals surface area contributed by atoms with E-state index in [0.29, 0.717) is 27.0 Å². The second-order valence-electron chi connectivity index (χ2n) is 5.43. The van der Waals surface area contributed by atoms with Crippen LogP contribution in [0.25, 0.3) is 4.96 Å². The van der Waals surface area contributed by atoms with Crippen LogP contribution in [-0.4, -0.2) is 26.7 Å². The molecule has 0 saturated carbocycles. The summed E-state index contributed by atoms with van der Waals surface area (Å²) in [5.41, 5.74) is 0.827. The molecule has 0 amide bonds. The van der Waals surface area contributed by atoms with Gasteiger partial charge in [-0.15, -0.1) is 0 Å². The van der Waals surface area contributed by atoms with Gasteiger partial charge in [0.25, 0.3) is 5.56 Å². The van der Waals surface area contributed by atoms with Gasteiger partial charge >= 0.3 is 5.97 Å². The van der Waals surface area contributed by atoms with Crippen LogP contribution in [0.4, 0.5) is 0 Å². The van der Waals surface area contributed by atoms with Crippen LogP contribution in [0.15, 0.2) is 35.1 Å². The van der Waals surface area contributed by atoms with E-state index in [1.807, 2.05) is 6.07 Å². The fourth-order valence-electron chi connectivity index (χ4n) is 2.13. The lowest BCUT2D eigenvalue weighted by molar-refractivity contribution is -0.152. The van der Waals surface area contributed by atoms with Gasteiger partial charge in [-0.05, 0) is 38.1 Å². The van der Waals surface area contributed by atoms with Crippen molar-refractivity contribution in [3.63, 3.8) is 0 Å². The van der Waals surface area contributed by atoms with Gasteiger partial charge in [-0.2, -0.15) is 14.9 Å². The van der Waals surface area contributed by atoms with Crippen molar-refractivity contribution >= 4 is 22.3 Å². The molecule has 1 atom stereocenters. The third-order valence-corrected chi connectivity index (χ3v) is 4.26. The first kappa shape index (κ1) is 17.6. The maximum atomic E-state index is 12.1. The van der Waals surface area contributed by atoms with Crippen molar-refractivity contribution in [1.82, 2.24) is 14.6 Å². The molecule has 0 N–H and O–H groups in total. The molecule has 3 aromatic rings. The molecule has 2 heterocycles. The highest BCUT2D eigenvalue weighted by Gasteiger charge is 2.18. The number of fused-ring (bicyclic) bond motifs is 1. The summed E-state index contributed by atoms with van der Waals surface area (Å²) >= 11 is 1.18. The van der Waals surface area contributed by atoms with E-state index < -0.39 is 12.1 Å². The second kappa shape index (κ2) is 7.33. The zero-order valence-corrected chi connectivity index (χ0v) is 14.8. The van der Waals surface area contributed by atoms with Crippen LogP contribution >= 0.6 is 11.3 Å². The minimum atomic E-state index is -0.833. The summed E-state index contributed by atoms with van der Waals surface area (Å²) in [6.07, 6.45) is -0.833. The summed E-state index contributed by atoms with van der Waals surface area (Å²) in [6, 6.07) is 9.80. The fourth-order valence-corrected chi connectivity index (χ4v) is 2.99.